The summed E-state index contributed by atoms with van der Waals surface area (Å²) >= 11 is 6.06. The van der Waals surface area contributed by atoms with Gasteiger partial charge in [-0.1, -0.05) is 54.1 Å². The average Bonchev–Trinajstić information content (AvgIpc) is 3.19. The molecule has 2 fully saturated rings. The van der Waals surface area contributed by atoms with Gasteiger partial charge in [0.05, 0.1) is 19.3 Å². The first-order valence-electron chi connectivity index (χ1n) is 13.0. The topological polar surface area (TPSA) is 168 Å². The first-order chi connectivity index (χ1) is 20.0. The summed E-state index contributed by atoms with van der Waals surface area (Å²) in [7, 11) is -4.07. The smallest absolute Gasteiger partial charge is 0.444 e. The first-order valence-corrected chi connectivity index (χ1v) is 14.8. The third kappa shape index (κ3) is 6.91. The van der Waals surface area contributed by atoms with Crippen LogP contribution in [-0.2, 0) is 34.2 Å². The highest BCUT2D eigenvalue weighted by atomic mass is 35.5. The lowest BCUT2D eigenvalue weighted by Crippen LogP contribution is -2.46. The number of hydrogen-bond donors (Lipinski definition) is 3. The van der Waals surface area contributed by atoms with Gasteiger partial charge in [-0.2, -0.15) is 4.98 Å². The van der Waals surface area contributed by atoms with Gasteiger partial charge in [-0.3, -0.25) is 23.5 Å². The largest absolute Gasteiger partial charge is 0.475 e. The fraction of sp³-hybridized carbons (Fsp3) is 0.370. The molecule has 0 radical (unpaired) electrons. The lowest BCUT2D eigenvalue weighted by molar-refractivity contribution is -0.0989. The Morgan fingerprint density at radius 1 is 1.24 bits per heavy atom. The van der Waals surface area contributed by atoms with Crippen LogP contribution in [0.5, 0.6) is 0 Å². The molecule has 2 aliphatic rings. The van der Waals surface area contributed by atoms with Gasteiger partial charge in [-0.25, -0.2) is 14.2 Å². The number of phosphoric ester groups is 1. The number of ether oxygens (including phenoxy) is 2. The number of carbonyl (C=O) groups is 1. The lowest BCUT2D eigenvalue weighted by Gasteiger charge is -2.30. The molecule has 5 rings (SSSR count). The Bertz CT molecular complexity index is 1520. The number of phosphoric acid groups is 1. The SMILES string of the molecule is C[C@@]1(O)[C@H](O)[C@@H](COP2(=O)OCC[C@@H](c3cccc(Cl)c3)O2)O[C@H]1n1ccc(NC(=O)OCc2ccccc2)nc1=O. The zero-order chi connectivity index (χ0) is 29.9. The maximum absolute atomic E-state index is 13.2. The summed E-state index contributed by atoms with van der Waals surface area (Å²) < 4.78 is 41.4. The highest BCUT2D eigenvalue weighted by Gasteiger charge is 2.54. The fourth-order valence-electron chi connectivity index (χ4n) is 4.58. The van der Waals surface area contributed by atoms with Crippen LogP contribution in [0.1, 0.15) is 36.8 Å². The first kappa shape index (κ1) is 30.3. The Morgan fingerprint density at radius 3 is 2.76 bits per heavy atom. The molecule has 1 unspecified atom stereocenters. The molecular weight excluding hydrogens is 593 g/mol. The van der Waals surface area contributed by atoms with Gasteiger partial charge < -0.3 is 19.7 Å². The minimum absolute atomic E-state index is 0.0220. The summed E-state index contributed by atoms with van der Waals surface area (Å²) in [4.78, 5) is 28.7. The highest BCUT2D eigenvalue weighted by Crippen LogP contribution is 2.57. The van der Waals surface area contributed by atoms with Crippen molar-refractivity contribution in [1.29, 1.82) is 0 Å². The van der Waals surface area contributed by atoms with Crippen molar-refractivity contribution in [2.45, 2.75) is 50.1 Å². The maximum Gasteiger partial charge on any atom is 0.475 e. The molecule has 13 nitrogen and oxygen atoms in total. The van der Waals surface area contributed by atoms with E-state index in [1.807, 2.05) is 6.07 Å². The van der Waals surface area contributed by atoms with Gasteiger partial charge in [0.2, 0.25) is 0 Å². The van der Waals surface area contributed by atoms with E-state index in [-0.39, 0.29) is 19.0 Å². The van der Waals surface area contributed by atoms with E-state index in [0.29, 0.717) is 17.0 Å². The number of anilines is 1. The molecule has 224 valence electrons. The summed E-state index contributed by atoms with van der Waals surface area (Å²) in [6.07, 6.45) is -3.93. The number of aliphatic hydroxyl groups is 2. The van der Waals surface area contributed by atoms with Crippen LogP contribution in [0.3, 0.4) is 0 Å². The number of nitrogens with one attached hydrogen (secondary N) is 1. The van der Waals surface area contributed by atoms with Crippen LogP contribution < -0.4 is 11.0 Å². The molecule has 6 atom stereocenters. The Labute approximate surface area is 245 Å². The molecule has 2 aromatic carbocycles. The number of carbonyl (C=O) groups excluding carboxylic acids is 1. The third-order valence-electron chi connectivity index (χ3n) is 6.78. The van der Waals surface area contributed by atoms with E-state index in [9.17, 15) is 24.4 Å². The molecule has 2 saturated heterocycles. The summed E-state index contributed by atoms with van der Waals surface area (Å²) in [5.41, 5.74) is -1.38. The molecule has 3 aromatic rings. The fourth-order valence-corrected chi connectivity index (χ4v) is 6.17. The highest BCUT2D eigenvalue weighted by molar-refractivity contribution is 7.48. The minimum Gasteiger partial charge on any atom is -0.444 e. The van der Waals surface area contributed by atoms with Gasteiger partial charge in [-0.15, -0.1) is 0 Å². The molecule has 2 aliphatic heterocycles. The van der Waals surface area contributed by atoms with Crippen LogP contribution in [0.4, 0.5) is 10.6 Å². The standard InChI is InChI=1S/C27H29ClN3O10P/c1-27(35)23(32)21(16-39-42(36)38-13-11-20(41-42)18-8-5-9-19(28)14-18)40-24(27)31-12-10-22(29-25(31)33)30-26(34)37-15-17-6-3-2-4-7-17/h2-10,12,14,20-21,23-24,32,35H,11,13,15-16H2,1H3,(H,29,30,33,34)/t20-,21+,23+,24+,27+,42?/m0/s1. The van der Waals surface area contributed by atoms with E-state index in [1.165, 1.54) is 19.2 Å². The van der Waals surface area contributed by atoms with Crippen molar-refractivity contribution in [3.63, 3.8) is 0 Å². The van der Waals surface area contributed by atoms with Crippen molar-refractivity contribution in [3.8, 4) is 0 Å². The van der Waals surface area contributed by atoms with Crippen LogP contribution in [0.15, 0.2) is 71.7 Å². The predicted molar refractivity (Wildman–Crippen MR) is 149 cm³/mol. The van der Waals surface area contributed by atoms with Crippen LogP contribution in [0.2, 0.25) is 5.02 Å². The van der Waals surface area contributed by atoms with Crippen molar-refractivity contribution in [2.24, 2.45) is 0 Å². The molecular formula is C27H29ClN3O10P. The van der Waals surface area contributed by atoms with Crippen molar-refractivity contribution in [2.75, 3.05) is 18.5 Å². The monoisotopic (exact) mass is 621 g/mol. The Hall–Kier alpha value is -3.13. The molecule has 0 spiro atoms. The Morgan fingerprint density at radius 2 is 2.02 bits per heavy atom. The zero-order valence-electron chi connectivity index (χ0n) is 22.4. The number of nitrogens with zero attached hydrogens (tertiary/aromatic N) is 2. The molecule has 1 aromatic heterocycles. The normalized spacial score (nSPS) is 29.2. The maximum atomic E-state index is 13.2. The molecule has 3 heterocycles. The second-order valence-corrected chi connectivity index (χ2v) is 12.0. The summed E-state index contributed by atoms with van der Waals surface area (Å²) in [6.45, 7) is 0.896. The van der Waals surface area contributed by atoms with Crippen LogP contribution in [0.25, 0.3) is 0 Å². The molecule has 0 aliphatic carbocycles. The number of rotatable bonds is 8. The Balaban J connectivity index is 1.20. The number of aromatic nitrogens is 2. The summed E-state index contributed by atoms with van der Waals surface area (Å²) in [5.74, 6) is -0.0914. The van der Waals surface area contributed by atoms with Gasteiger partial charge in [0, 0.05) is 17.6 Å². The zero-order valence-corrected chi connectivity index (χ0v) is 24.0. The van der Waals surface area contributed by atoms with Crippen molar-refractivity contribution in [3.05, 3.63) is 93.5 Å². The third-order valence-corrected chi connectivity index (χ3v) is 8.50. The van der Waals surface area contributed by atoms with E-state index < -0.39 is 56.4 Å². The average molecular weight is 622 g/mol. The Kier molecular flexibility index (Phi) is 9.11. The van der Waals surface area contributed by atoms with Crippen molar-refractivity contribution >= 4 is 31.3 Å². The van der Waals surface area contributed by atoms with Crippen molar-refractivity contribution < 1.29 is 42.6 Å². The van der Waals surface area contributed by atoms with E-state index in [0.717, 1.165) is 10.1 Å². The number of hydrogen-bond acceptors (Lipinski definition) is 11. The molecule has 3 N–H and O–H groups in total. The van der Waals surface area contributed by atoms with Gasteiger partial charge in [-0.05, 0) is 36.2 Å². The number of benzene rings is 2. The molecule has 0 saturated carbocycles. The van der Waals surface area contributed by atoms with Crippen molar-refractivity contribution in [1.82, 2.24) is 9.55 Å². The van der Waals surface area contributed by atoms with Gasteiger partial charge in [0.1, 0.15) is 30.2 Å². The van der Waals surface area contributed by atoms with E-state index in [1.54, 1.807) is 48.5 Å². The summed E-state index contributed by atoms with van der Waals surface area (Å²) in [6, 6.07) is 17.2. The quantitative estimate of drug-likeness (QED) is 0.311. The van der Waals surface area contributed by atoms with Gasteiger partial charge in [0.25, 0.3) is 0 Å². The second kappa shape index (κ2) is 12.6. The second-order valence-electron chi connectivity index (χ2n) is 9.90. The van der Waals surface area contributed by atoms with Crippen LogP contribution in [0, 0.1) is 0 Å². The van der Waals surface area contributed by atoms with E-state index in [2.05, 4.69) is 10.3 Å². The van der Waals surface area contributed by atoms with Crippen LogP contribution >= 0.6 is 19.4 Å². The molecule has 15 heteroatoms. The van der Waals surface area contributed by atoms with E-state index in [4.69, 9.17) is 34.6 Å². The van der Waals surface area contributed by atoms with Crippen LogP contribution in [-0.4, -0.2) is 56.9 Å². The molecule has 42 heavy (non-hydrogen) atoms. The lowest BCUT2D eigenvalue weighted by atomic mass is 9.96. The van der Waals surface area contributed by atoms with E-state index >= 15 is 0 Å². The van der Waals surface area contributed by atoms with Gasteiger partial charge in [0.15, 0.2) is 6.23 Å². The van der Waals surface area contributed by atoms with Gasteiger partial charge >= 0.3 is 19.6 Å². The molecule has 0 bridgehead atoms. The number of amides is 1. The number of aliphatic hydroxyl groups excluding tert-OH is 1. The number of halogens is 1. The summed E-state index contributed by atoms with van der Waals surface area (Å²) in [5, 5.41) is 24.7. The predicted octanol–water partition coefficient (Wildman–Crippen LogP) is 3.96. The minimum atomic E-state index is -4.07. The molecule has 1 amide bonds.